The maximum atomic E-state index is 10.5. The van der Waals surface area contributed by atoms with E-state index in [-0.39, 0.29) is 5.91 Å². The molecule has 0 saturated carbocycles. The number of hydrogen-bond donors (Lipinski definition) is 1. The van der Waals surface area contributed by atoms with E-state index in [2.05, 4.69) is 0 Å². The van der Waals surface area contributed by atoms with Crippen molar-refractivity contribution in [3.05, 3.63) is 23.8 Å². The van der Waals surface area contributed by atoms with Crippen molar-refractivity contribution in [1.82, 2.24) is 0 Å². The summed E-state index contributed by atoms with van der Waals surface area (Å²) in [5.74, 6) is -0.275. The first kappa shape index (κ1) is 9.95. The van der Waals surface area contributed by atoms with E-state index < -0.39 is 0 Å². The molecule has 2 heteroatoms. The molecule has 0 unspecified atom stereocenters. The molecule has 0 fully saturated rings. The highest BCUT2D eigenvalue weighted by Gasteiger charge is 1.96. The lowest BCUT2D eigenvalue weighted by atomic mass is 10.1. The molecule has 2 N–H and O–H groups in total. The molecule has 2 nitrogen and oxygen atoms in total. The molecule has 0 bridgehead atoms. The minimum Gasteiger partial charge on any atom is -0.369 e. The zero-order chi connectivity index (χ0) is 8.69. The van der Waals surface area contributed by atoms with Crippen LogP contribution in [0.1, 0.15) is 26.7 Å². The van der Waals surface area contributed by atoms with Crippen molar-refractivity contribution in [2.45, 2.75) is 26.7 Å². The lowest BCUT2D eigenvalue weighted by molar-refractivity contribution is -0.117. The van der Waals surface area contributed by atoms with Crippen LogP contribution in [0.3, 0.4) is 0 Å². The van der Waals surface area contributed by atoms with Crippen LogP contribution in [-0.4, -0.2) is 5.91 Å². The Kier molecular flexibility index (Phi) is 5.17. The molecule has 0 aromatic heterocycles. The summed E-state index contributed by atoms with van der Waals surface area (Å²) in [5.41, 5.74) is 6.04. The molecule has 0 atom stereocenters. The Morgan fingerprint density at radius 3 is 2.55 bits per heavy atom. The molecule has 1 amide bonds. The number of amides is 1. The van der Waals surface area contributed by atoms with Gasteiger partial charge in [0.25, 0.3) is 0 Å². The molecule has 0 rings (SSSR count). The Balaban J connectivity index is 4.11. The topological polar surface area (TPSA) is 43.1 Å². The van der Waals surface area contributed by atoms with Crippen LogP contribution in [0, 0.1) is 0 Å². The number of primary amides is 1. The van der Waals surface area contributed by atoms with Crippen LogP contribution in [0.25, 0.3) is 0 Å². The van der Waals surface area contributed by atoms with E-state index in [9.17, 15) is 4.79 Å². The average molecular weight is 153 g/mol. The number of nitrogens with two attached hydrogens (primary N) is 1. The van der Waals surface area contributed by atoms with Crippen LogP contribution in [0.2, 0.25) is 0 Å². The monoisotopic (exact) mass is 153 g/mol. The lowest BCUT2D eigenvalue weighted by Crippen LogP contribution is -2.10. The van der Waals surface area contributed by atoms with Gasteiger partial charge in [-0.2, -0.15) is 0 Å². The highest BCUT2D eigenvalue weighted by atomic mass is 16.1. The van der Waals surface area contributed by atoms with Gasteiger partial charge >= 0.3 is 0 Å². The standard InChI is InChI=1S/C9H15NO/c1-3-5-8(6-4-2)7-9(10)11/h3,5-6H,4,7H2,1-2H3,(H2,10,11)/b5-3-,8-6+. The van der Waals surface area contributed by atoms with Gasteiger partial charge in [-0.1, -0.05) is 25.2 Å². The van der Waals surface area contributed by atoms with E-state index in [1.165, 1.54) is 0 Å². The fraction of sp³-hybridized carbons (Fsp3) is 0.444. The summed E-state index contributed by atoms with van der Waals surface area (Å²) < 4.78 is 0. The van der Waals surface area contributed by atoms with Gasteiger partial charge in [0.2, 0.25) is 5.91 Å². The fourth-order valence-corrected chi connectivity index (χ4v) is 0.877. The van der Waals surface area contributed by atoms with E-state index in [4.69, 9.17) is 5.73 Å². The first-order chi connectivity index (χ1) is 5.20. The highest BCUT2D eigenvalue weighted by molar-refractivity contribution is 5.77. The van der Waals surface area contributed by atoms with E-state index in [0.717, 1.165) is 12.0 Å². The SMILES string of the molecule is C/C=C\C(=C/CC)CC(N)=O. The van der Waals surface area contributed by atoms with E-state index >= 15 is 0 Å². The second kappa shape index (κ2) is 5.71. The molecule has 0 aromatic carbocycles. The second-order valence-corrected chi connectivity index (χ2v) is 2.33. The summed E-state index contributed by atoms with van der Waals surface area (Å²) in [7, 11) is 0. The molecule has 0 aromatic rings. The largest absolute Gasteiger partial charge is 0.369 e. The summed E-state index contributed by atoms with van der Waals surface area (Å²) in [5, 5.41) is 0. The number of rotatable bonds is 4. The summed E-state index contributed by atoms with van der Waals surface area (Å²) in [6.07, 6.45) is 7.11. The van der Waals surface area contributed by atoms with Crippen LogP contribution in [0.4, 0.5) is 0 Å². The van der Waals surface area contributed by atoms with E-state index in [0.29, 0.717) is 6.42 Å². The first-order valence-corrected chi connectivity index (χ1v) is 3.80. The van der Waals surface area contributed by atoms with Crippen molar-refractivity contribution >= 4 is 5.91 Å². The summed E-state index contributed by atoms with van der Waals surface area (Å²) in [6, 6.07) is 0. The minimum absolute atomic E-state index is 0.275. The third-order valence-corrected chi connectivity index (χ3v) is 1.23. The maximum Gasteiger partial charge on any atom is 0.221 e. The van der Waals surface area contributed by atoms with Crippen LogP contribution in [0.5, 0.6) is 0 Å². The Morgan fingerprint density at radius 2 is 2.18 bits per heavy atom. The minimum atomic E-state index is -0.275. The van der Waals surface area contributed by atoms with Crippen molar-refractivity contribution in [2.24, 2.45) is 5.73 Å². The molecule has 0 spiro atoms. The summed E-state index contributed by atoms with van der Waals surface area (Å²) >= 11 is 0. The Morgan fingerprint density at radius 1 is 1.55 bits per heavy atom. The molecule has 0 aliphatic heterocycles. The van der Waals surface area contributed by atoms with Gasteiger partial charge in [-0.15, -0.1) is 0 Å². The molecular weight excluding hydrogens is 138 g/mol. The lowest BCUT2D eigenvalue weighted by Gasteiger charge is -1.96. The predicted octanol–water partition coefficient (Wildman–Crippen LogP) is 1.77. The Labute approximate surface area is 67.8 Å². The normalized spacial score (nSPS) is 12.4. The number of hydrogen-bond acceptors (Lipinski definition) is 1. The van der Waals surface area contributed by atoms with Gasteiger partial charge in [0, 0.05) is 0 Å². The molecule has 0 radical (unpaired) electrons. The molecular formula is C9H15NO. The number of carbonyl (C=O) groups excluding carboxylic acids is 1. The van der Waals surface area contributed by atoms with Gasteiger partial charge in [-0.25, -0.2) is 0 Å². The molecule has 0 aliphatic rings. The quantitative estimate of drug-likeness (QED) is 0.614. The molecule has 0 aliphatic carbocycles. The smallest absolute Gasteiger partial charge is 0.221 e. The van der Waals surface area contributed by atoms with Crippen LogP contribution >= 0.6 is 0 Å². The van der Waals surface area contributed by atoms with E-state index in [1.807, 2.05) is 32.1 Å². The Bertz CT molecular complexity index is 180. The highest BCUT2D eigenvalue weighted by Crippen LogP contribution is 2.03. The first-order valence-electron chi connectivity index (χ1n) is 3.80. The molecule has 11 heavy (non-hydrogen) atoms. The van der Waals surface area contributed by atoms with Crippen molar-refractivity contribution in [1.29, 1.82) is 0 Å². The van der Waals surface area contributed by atoms with Crippen molar-refractivity contribution in [3.63, 3.8) is 0 Å². The van der Waals surface area contributed by atoms with Crippen molar-refractivity contribution < 1.29 is 4.79 Å². The van der Waals surface area contributed by atoms with Gasteiger partial charge < -0.3 is 5.73 Å². The fourth-order valence-electron chi connectivity index (χ4n) is 0.877. The Hall–Kier alpha value is -1.05. The van der Waals surface area contributed by atoms with Gasteiger partial charge in [0.15, 0.2) is 0 Å². The number of carbonyl (C=O) groups is 1. The van der Waals surface area contributed by atoms with Crippen LogP contribution < -0.4 is 5.73 Å². The zero-order valence-electron chi connectivity index (χ0n) is 7.13. The maximum absolute atomic E-state index is 10.5. The third-order valence-electron chi connectivity index (χ3n) is 1.23. The zero-order valence-corrected chi connectivity index (χ0v) is 7.13. The molecule has 0 saturated heterocycles. The van der Waals surface area contributed by atoms with Crippen LogP contribution in [0.15, 0.2) is 23.8 Å². The second-order valence-electron chi connectivity index (χ2n) is 2.33. The van der Waals surface area contributed by atoms with Gasteiger partial charge in [-0.05, 0) is 18.9 Å². The van der Waals surface area contributed by atoms with E-state index in [1.54, 1.807) is 0 Å². The summed E-state index contributed by atoms with van der Waals surface area (Å²) in [4.78, 5) is 10.5. The third kappa shape index (κ3) is 5.40. The van der Waals surface area contributed by atoms with Crippen molar-refractivity contribution in [2.75, 3.05) is 0 Å². The van der Waals surface area contributed by atoms with Gasteiger partial charge in [0.1, 0.15) is 0 Å². The summed E-state index contributed by atoms with van der Waals surface area (Å²) in [6.45, 7) is 3.95. The number of allylic oxidation sites excluding steroid dienone is 3. The van der Waals surface area contributed by atoms with Gasteiger partial charge in [-0.3, -0.25) is 4.79 Å². The molecule has 0 heterocycles. The predicted molar refractivity (Wildman–Crippen MR) is 47.0 cm³/mol. The van der Waals surface area contributed by atoms with Gasteiger partial charge in [0.05, 0.1) is 6.42 Å². The van der Waals surface area contributed by atoms with Crippen molar-refractivity contribution in [3.8, 4) is 0 Å². The molecule has 62 valence electrons. The average Bonchev–Trinajstić information content (AvgIpc) is 1.87. The van der Waals surface area contributed by atoms with Crippen LogP contribution in [-0.2, 0) is 4.79 Å².